The van der Waals surface area contributed by atoms with Crippen LogP contribution in [0.5, 0.6) is 0 Å². The standard InChI is InChI=1S/C23H25N3O/c1-16(27)26-14-19-13-25(12-18-8-5-9-22-20(18)10-11-24-22)15-21(19)23(26)17-6-3-2-4-7-17/h2-11,19,21,23-24H,12-15H2,1H3/t19-,21-,23+/m1/s1. The minimum Gasteiger partial charge on any atom is -0.361 e. The summed E-state index contributed by atoms with van der Waals surface area (Å²) in [6, 6.07) is 19.4. The second-order valence-electron chi connectivity index (χ2n) is 8.00. The molecule has 2 saturated heterocycles. The monoisotopic (exact) mass is 359 g/mol. The van der Waals surface area contributed by atoms with Crippen molar-refractivity contribution in [3.63, 3.8) is 0 Å². The Kier molecular flexibility index (Phi) is 4.01. The molecular formula is C23H25N3O. The maximum Gasteiger partial charge on any atom is 0.219 e. The minimum atomic E-state index is 0.196. The average molecular weight is 359 g/mol. The van der Waals surface area contributed by atoms with E-state index >= 15 is 0 Å². The lowest BCUT2D eigenvalue weighted by Gasteiger charge is -2.29. The number of rotatable bonds is 3. The van der Waals surface area contributed by atoms with Gasteiger partial charge < -0.3 is 9.88 Å². The summed E-state index contributed by atoms with van der Waals surface area (Å²) < 4.78 is 0. The van der Waals surface area contributed by atoms with Crippen LogP contribution >= 0.6 is 0 Å². The van der Waals surface area contributed by atoms with Gasteiger partial charge in [-0.25, -0.2) is 0 Å². The van der Waals surface area contributed by atoms with Crippen molar-refractivity contribution in [2.75, 3.05) is 19.6 Å². The third-order valence-corrected chi connectivity index (χ3v) is 6.36. The van der Waals surface area contributed by atoms with Gasteiger partial charge in [0, 0.05) is 56.1 Å². The minimum absolute atomic E-state index is 0.196. The number of fused-ring (bicyclic) bond motifs is 2. The Morgan fingerprint density at radius 2 is 1.89 bits per heavy atom. The highest BCUT2D eigenvalue weighted by Crippen LogP contribution is 2.45. The number of nitrogens with one attached hydrogen (secondary N) is 1. The number of amides is 1. The van der Waals surface area contributed by atoms with E-state index < -0.39 is 0 Å². The SMILES string of the molecule is CC(=O)N1C[C@H]2CN(Cc3cccc4[nH]ccc34)C[C@H]2[C@@H]1c1ccccc1. The first-order valence-corrected chi connectivity index (χ1v) is 9.80. The first kappa shape index (κ1) is 16.6. The molecule has 0 unspecified atom stereocenters. The van der Waals surface area contributed by atoms with Crippen LogP contribution in [0.1, 0.15) is 24.1 Å². The molecule has 0 spiro atoms. The van der Waals surface area contributed by atoms with E-state index in [-0.39, 0.29) is 11.9 Å². The fourth-order valence-corrected chi connectivity index (χ4v) is 5.20. The van der Waals surface area contributed by atoms with E-state index in [0.717, 1.165) is 26.2 Å². The van der Waals surface area contributed by atoms with E-state index in [4.69, 9.17) is 0 Å². The molecule has 2 aliphatic rings. The highest BCUT2D eigenvalue weighted by molar-refractivity contribution is 5.82. The van der Waals surface area contributed by atoms with E-state index in [1.807, 2.05) is 12.3 Å². The maximum atomic E-state index is 12.3. The van der Waals surface area contributed by atoms with Crippen LogP contribution < -0.4 is 0 Å². The molecule has 1 N–H and O–H groups in total. The number of hydrogen-bond donors (Lipinski definition) is 1. The first-order chi connectivity index (χ1) is 13.2. The van der Waals surface area contributed by atoms with E-state index in [2.05, 4.69) is 63.3 Å². The van der Waals surface area contributed by atoms with Gasteiger partial charge in [0.25, 0.3) is 0 Å². The topological polar surface area (TPSA) is 39.3 Å². The molecule has 0 bridgehead atoms. The number of benzene rings is 2. The number of hydrogen-bond acceptors (Lipinski definition) is 2. The number of aromatic amines is 1. The number of H-pyrrole nitrogens is 1. The number of nitrogens with zero attached hydrogens (tertiary/aromatic N) is 2. The number of likely N-dealkylation sites (tertiary alicyclic amines) is 2. The Hall–Kier alpha value is -2.59. The Labute approximate surface area is 159 Å². The average Bonchev–Trinajstić information content (AvgIpc) is 3.36. The van der Waals surface area contributed by atoms with Gasteiger partial charge in [-0.2, -0.15) is 0 Å². The molecule has 2 aromatic carbocycles. The van der Waals surface area contributed by atoms with Crippen LogP contribution in [0.2, 0.25) is 0 Å². The van der Waals surface area contributed by atoms with Crippen molar-refractivity contribution in [2.45, 2.75) is 19.5 Å². The summed E-state index contributed by atoms with van der Waals surface area (Å²) in [4.78, 5) is 20.2. The summed E-state index contributed by atoms with van der Waals surface area (Å²) >= 11 is 0. The van der Waals surface area contributed by atoms with Gasteiger partial charge in [-0.3, -0.25) is 9.69 Å². The fraction of sp³-hybridized carbons (Fsp3) is 0.348. The van der Waals surface area contributed by atoms with Gasteiger partial charge in [-0.15, -0.1) is 0 Å². The van der Waals surface area contributed by atoms with E-state index in [1.165, 1.54) is 22.0 Å². The summed E-state index contributed by atoms with van der Waals surface area (Å²) in [5.74, 6) is 1.27. The molecule has 3 aromatic rings. The lowest BCUT2D eigenvalue weighted by molar-refractivity contribution is -0.130. The lowest BCUT2D eigenvalue weighted by atomic mass is 9.89. The van der Waals surface area contributed by atoms with Gasteiger partial charge in [-0.1, -0.05) is 42.5 Å². The molecule has 138 valence electrons. The molecule has 3 atom stereocenters. The van der Waals surface area contributed by atoms with Crippen LogP contribution in [0.25, 0.3) is 10.9 Å². The normalized spacial score (nSPS) is 25.2. The van der Waals surface area contributed by atoms with Crippen LogP contribution in [-0.2, 0) is 11.3 Å². The van der Waals surface area contributed by atoms with Gasteiger partial charge >= 0.3 is 0 Å². The Bertz CT molecular complexity index is 964. The van der Waals surface area contributed by atoms with Gasteiger partial charge in [0.2, 0.25) is 5.91 Å². The molecular weight excluding hydrogens is 334 g/mol. The Morgan fingerprint density at radius 3 is 2.70 bits per heavy atom. The van der Waals surface area contributed by atoms with Crippen molar-refractivity contribution in [3.05, 3.63) is 71.9 Å². The highest BCUT2D eigenvalue weighted by Gasteiger charge is 2.48. The van der Waals surface area contributed by atoms with Crippen molar-refractivity contribution >= 4 is 16.8 Å². The molecule has 1 aromatic heterocycles. The van der Waals surface area contributed by atoms with Crippen LogP contribution in [0.15, 0.2) is 60.8 Å². The summed E-state index contributed by atoms with van der Waals surface area (Å²) in [5.41, 5.74) is 3.86. The Balaban J connectivity index is 1.39. The summed E-state index contributed by atoms with van der Waals surface area (Å²) in [6.07, 6.45) is 2.02. The predicted octanol–water partition coefficient (Wildman–Crippen LogP) is 3.82. The Morgan fingerprint density at radius 1 is 1.04 bits per heavy atom. The van der Waals surface area contributed by atoms with Crippen molar-refractivity contribution in [1.82, 2.24) is 14.8 Å². The molecule has 2 aliphatic heterocycles. The number of carbonyl (C=O) groups is 1. The van der Waals surface area contributed by atoms with E-state index in [9.17, 15) is 4.79 Å². The third kappa shape index (κ3) is 2.85. The molecule has 5 rings (SSSR count). The fourth-order valence-electron chi connectivity index (χ4n) is 5.20. The van der Waals surface area contributed by atoms with Crippen molar-refractivity contribution in [3.8, 4) is 0 Å². The second-order valence-corrected chi connectivity index (χ2v) is 8.00. The van der Waals surface area contributed by atoms with Gasteiger partial charge in [-0.05, 0) is 29.2 Å². The molecule has 3 heterocycles. The highest BCUT2D eigenvalue weighted by atomic mass is 16.2. The van der Waals surface area contributed by atoms with Gasteiger partial charge in [0.1, 0.15) is 0 Å². The zero-order chi connectivity index (χ0) is 18.4. The summed E-state index contributed by atoms with van der Waals surface area (Å²) in [6.45, 7) is 5.68. The van der Waals surface area contributed by atoms with Crippen molar-refractivity contribution in [2.24, 2.45) is 11.8 Å². The molecule has 4 nitrogen and oxygen atoms in total. The molecule has 1 amide bonds. The maximum absolute atomic E-state index is 12.3. The second kappa shape index (κ2) is 6.54. The largest absolute Gasteiger partial charge is 0.361 e. The zero-order valence-electron chi connectivity index (χ0n) is 15.6. The van der Waals surface area contributed by atoms with Crippen molar-refractivity contribution < 1.29 is 4.79 Å². The smallest absolute Gasteiger partial charge is 0.219 e. The predicted molar refractivity (Wildman–Crippen MR) is 107 cm³/mol. The number of aromatic nitrogens is 1. The number of carbonyl (C=O) groups excluding carboxylic acids is 1. The molecule has 0 radical (unpaired) electrons. The van der Waals surface area contributed by atoms with Gasteiger partial charge in [0.15, 0.2) is 0 Å². The van der Waals surface area contributed by atoms with E-state index in [0.29, 0.717) is 11.8 Å². The summed E-state index contributed by atoms with van der Waals surface area (Å²) in [5, 5.41) is 1.32. The summed E-state index contributed by atoms with van der Waals surface area (Å²) in [7, 11) is 0. The van der Waals surface area contributed by atoms with Crippen LogP contribution in [0.4, 0.5) is 0 Å². The quantitative estimate of drug-likeness (QED) is 0.772. The molecule has 0 aliphatic carbocycles. The zero-order valence-corrected chi connectivity index (χ0v) is 15.6. The van der Waals surface area contributed by atoms with Crippen LogP contribution in [-0.4, -0.2) is 40.3 Å². The van der Waals surface area contributed by atoms with E-state index in [1.54, 1.807) is 6.92 Å². The molecule has 2 fully saturated rings. The third-order valence-electron chi connectivity index (χ3n) is 6.36. The first-order valence-electron chi connectivity index (χ1n) is 9.80. The van der Waals surface area contributed by atoms with Gasteiger partial charge in [0.05, 0.1) is 6.04 Å². The lowest BCUT2D eigenvalue weighted by Crippen LogP contribution is -2.34. The van der Waals surface area contributed by atoms with Crippen LogP contribution in [0, 0.1) is 11.8 Å². The van der Waals surface area contributed by atoms with Crippen molar-refractivity contribution in [1.29, 1.82) is 0 Å². The van der Waals surface area contributed by atoms with Crippen LogP contribution in [0.3, 0.4) is 0 Å². The molecule has 0 saturated carbocycles. The molecule has 27 heavy (non-hydrogen) atoms. The molecule has 4 heteroatoms.